The topological polar surface area (TPSA) is 88.7 Å². The van der Waals surface area contributed by atoms with Crippen LogP contribution in [-0.2, 0) is 16.9 Å². The molecule has 1 aliphatic rings. The Balaban J connectivity index is 1.49. The van der Waals surface area contributed by atoms with Gasteiger partial charge < -0.3 is 14.4 Å². The monoisotopic (exact) mass is 393 g/mol. The zero-order valence-electron chi connectivity index (χ0n) is 16.5. The number of benzene rings is 2. The van der Waals surface area contributed by atoms with Gasteiger partial charge in [-0.05, 0) is 36.6 Å². The number of aryl methyl sites for hydroxylation is 1. The van der Waals surface area contributed by atoms with Gasteiger partial charge in [0, 0.05) is 19.6 Å². The second-order valence-corrected chi connectivity index (χ2v) is 7.48. The van der Waals surface area contributed by atoms with Crippen LogP contribution < -0.4 is 0 Å². The van der Waals surface area contributed by atoms with Gasteiger partial charge >= 0.3 is 5.97 Å². The lowest BCUT2D eigenvalue weighted by molar-refractivity contribution is -0.120. The third kappa shape index (κ3) is 4.06. The number of hydrogen-bond acceptors (Lipinski definition) is 6. The summed E-state index contributed by atoms with van der Waals surface area (Å²) < 4.78 is 11.3. The van der Waals surface area contributed by atoms with Crippen LogP contribution in [0.2, 0.25) is 0 Å². The summed E-state index contributed by atoms with van der Waals surface area (Å²) >= 11 is 0. The summed E-state index contributed by atoms with van der Waals surface area (Å²) in [4.78, 5) is 18.1. The molecule has 0 unspecified atom stereocenters. The number of carboxylic acids is 1. The van der Waals surface area contributed by atoms with Gasteiger partial charge in [0.15, 0.2) is 11.4 Å². The fourth-order valence-electron chi connectivity index (χ4n) is 3.70. The van der Waals surface area contributed by atoms with Crippen molar-refractivity contribution in [3.8, 4) is 11.1 Å². The lowest BCUT2D eigenvalue weighted by Gasteiger charge is -2.38. The molecule has 0 amide bonds. The molecule has 1 atom stereocenters. The van der Waals surface area contributed by atoms with Gasteiger partial charge in [-0.1, -0.05) is 47.6 Å². The number of aromatic carboxylic acids is 1. The van der Waals surface area contributed by atoms with Crippen molar-refractivity contribution in [1.29, 1.82) is 0 Å². The summed E-state index contributed by atoms with van der Waals surface area (Å²) in [7, 11) is 0. The van der Waals surface area contributed by atoms with Crippen molar-refractivity contribution in [1.82, 2.24) is 15.0 Å². The Labute approximate surface area is 168 Å². The molecule has 150 valence electrons. The van der Waals surface area contributed by atoms with Crippen LogP contribution in [-0.4, -0.2) is 45.8 Å². The second kappa shape index (κ2) is 7.77. The maximum atomic E-state index is 11.5. The largest absolute Gasteiger partial charge is 0.478 e. The Hall–Kier alpha value is -3.03. The van der Waals surface area contributed by atoms with Crippen molar-refractivity contribution in [2.24, 2.45) is 0 Å². The lowest BCUT2D eigenvalue weighted by atomic mass is 9.98. The molecule has 1 aromatic heterocycles. The Morgan fingerprint density at radius 1 is 1.21 bits per heavy atom. The first-order valence-electron chi connectivity index (χ1n) is 9.53. The van der Waals surface area contributed by atoms with E-state index in [1.165, 1.54) is 0 Å². The van der Waals surface area contributed by atoms with Crippen LogP contribution in [0.1, 0.15) is 34.6 Å². The molecule has 2 aromatic carbocycles. The van der Waals surface area contributed by atoms with Crippen LogP contribution in [0.15, 0.2) is 53.1 Å². The molecule has 7 heteroatoms. The van der Waals surface area contributed by atoms with Gasteiger partial charge in [0.25, 0.3) is 5.89 Å². The molecule has 7 nitrogen and oxygen atoms in total. The number of morpholine rings is 1. The Kier molecular flexibility index (Phi) is 5.17. The molecular weight excluding hydrogens is 370 g/mol. The van der Waals surface area contributed by atoms with Crippen LogP contribution >= 0.6 is 0 Å². The molecule has 0 bridgehead atoms. The predicted molar refractivity (Wildman–Crippen MR) is 106 cm³/mol. The lowest BCUT2D eigenvalue weighted by Crippen LogP contribution is -2.47. The molecule has 1 fully saturated rings. The first kappa shape index (κ1) is 19.3. The van der Waals surface area contributed by atoms with E-state index in [1.54, 1.807) is 19.1 Å². The Morgan fingerprint density at radius 3 is 2.66 bits per heavy atom. The fraction of sp³-hybridized carbons (Fsp3) is 0.318. The summed E-state index contributed by atoms with van der Waals surface area (Å²) in [6.07, 6.45) is 0. The molecule has 1 aliphatic heterocycles. The maximum Gasteiger partial charge on any atom is 0.336 e. The SMILES string of the molecule is Cc1noc([C@@]2(C)CN(Cc3ccc(-c4ccccc4C(=O)O)cc3)CCO2)n1. The van der Waals surface area contributed by atoms with Gasteiger partial charge in [0.05, 0.1) is 12.2 Å². The van der Waals surface area contributed by atoms with Crippen LogP contribution in [0.3, 0.4) is 0 Å². The summed E-state index contributed by atoms with van der Waals surface area (Å²) in [5, 5.41) is 13.3. The molecule has 0 saturated carbocycles. The molecule has 1 N–H and O–H groups in total. The van der Waals surface area contributed by atoms with E-state index in [1.807, 2.05) is 43.3 Å². The molecule has 1 saturated heterocycles. The van der Waals surface area contributed by atoms with Crippen molar-refractivity contribution in [2.75, 3.05) is 19.7 Å². The van der Waals surface area contributed by atoms with Gasteiger partial charge in [0.1, 0.15) is 0 Å². The van der Waals surface area contributed by atoms with E-state index in [4.69, 9.17) is 9.26 Å². The summed E-state index contributed by atoms with van der Waals surface area (Å²) in [6.45, 7) is 6.57. The minimum atomic E-state index is -0.923. The van der Waals surface area contributed by atoms with Crippen molar-refractivity contribution < 1.29 is 19.2 Å². The zero-order valence-corrected chi connectivity index (χ0v) is 16.5. The number of carboxylic acid groups (broad SMARTS) is 1. The van der Waals surface area contributed by atoms with Gasteiger partial charge in [-0.15, -0.1) is 0 Å². The van der Waals surface area contributed by atoms with Crippen molar-refractivity contribution in [3.05, 3.63) is 71.4 Å². The summed E-state index contributed by atoms with van der Waals surface area (Å²) in [6, 6.07) is 15.1. The number of rotatable bonds is 5. The average Bonchev–Trinajstić information content (AvgIpc) is 3.16. The second-order valence-electron chi connectivity index (χ2n) is 7.48. The number of nitrogens with zero attached hydrogens (tertiary/aromatic N) is 3. The highest BCUT2D eigenvalue weighted by Crippen LogP contribution is 2.29. The van der Waals surface area contributed by atoms with E-state index in [2.05, 4.69) is 15.0 Å². The molecule has 0 radical (unpaired) electrons. The predicted octanol–water partition coefficient (Wildman–Crippen LogP) is 3.49. The van der Waals surface area contributed by atoms with Crippen LogP contribution in [0.25, 0.3) is 11.1 Å². The standard InChI is InChI=1S/C22H23N3O4/c1-15-23-21(29-24-15)22(2)14-25(11-12-28-22)13-16-7-9-17(10-8-16)18-5-3-4-6-19(18)20(26)27/h3-10H,11-14H2,1-2H3,(H,26,27)/t22-/m1/s1. The molecule has 4 rings (SSSR count). The number of ether oxygens (including phenoxy) is 1. The van der Waals surface area contributed by atoms with Crippen molar-refractivity contribution >= 4 is 5.97 Å². The van der Waals surface area contributed by atoms with Crippen molar-refractivity contribution in [2.45, 2.75) is 26.0 Å². The van der Waals surface area contributed by atoms with E-state index in [-0.39, 0.29) is 0 Å². The van der Waals surface area contributed by atoms with Gasteiger partial charge in [-0.25, -0.2) is 4.79 Å². The van der Waals surface area contributed by atoms with Gasteiger partial charge in [0.2, 0.25) is 0 Å². The summed E-state index contributed by atoms with van der Waals surface area (Å²) in [5.41, 5.74) is 2.43. The minimum absolute atomic E-state index is 0.305. The van der Waals surface area contributed by atoms with Gasteiger partial charge in [-0.2, -0.15) is 4.98 Å². The fourth-order valence-corrected chi connectivity index (χ4v) is 3.70. The van der Waals surface area contributed by atoms with E-state index in [9.17, 15) is 9.90 Å². The highest BCUT2D eigenvalue weighted by atomic mass is 16.5. The molecule has 3 aromatic rings. The normalized spacial score (nSPS) is 19.9. The van der Waals surface area contributed by atoms with Crippen LogP contribution in [0, 0.1) is 6.92 Å². The molecule has 2 heterocycles. The number of hydrogen-bond donors (Lipinski definition) is 1. The zero-order chi connectivity index (χ0) is 20.4. The third-order valence-corrected chi connectivity index (χ3v) is 5.16. The third-order valence-electron chi connectivity index (χ3n) is 5.16. The minimum Gasteiger partial charge on any atom is -0.478 e. The Morgan fingerprint density at radius 2 is 1.97 bits per heavy atom. The molecule has 0 spiro atoms. The smallest absolute Gasteiger partial charge is 0.336 e. The average molecular weight is 393 g/mol. The highest BCUT2D eigenvalue weighted by molar-refractivity contribution is 5.95. The summed E-state index contributed by atoms with van der Waals surface area (Å²) in [5.74, 6) is 0.174. The van der Waals surface area contributed by atoms with E-state index in [0.29, 0.717) is 30.4 Å². The Bertz CT molecular complexity index is 1010. The van der Waals surface area contributed by atoms with E-state index >= 15 is 0 Å². The van der Waals surface area contributed by atoms with Gasteiger partial charge in [-0.3, -0.25) is 4.90 Å². The van der Waals surface area contributed by atoms with E-state index < -0.39 is 11.6 Å². The van der Waals surface area contributed by atoms with Crippen LogP contribution in [0.5, 0.6) is 0 Å². The number of carbonyl (C=O) groups is 1. The van der Waals surface area contributed by atoms with E-state index in [0.717, 1.165) is 29.8 Å². The van der Waals surface area contributed by atoms with Crippen molar-refractivity contribution in [3.63, 3.8) is 0 Å². The maximum absolute atomic E-state index is 11.5. The highest BCUT2D eigenvalue weighted by Gasteiger charge is 2.38. The molecule has 29 heavy (non-hydrogen) atoms. The molecule has 0 aliphatic carbocycles. The quantitative estimate of drug-likeness (QED) is 0.710. The molecular formula is C22H23N3O4. The van der Waals surface area contributed by atoms with Crippen LogP contribution in [0.4, 0.5) is 0 Å². The first-order chi connectivity index (χ1) is 13.9. The first-order valence-corrected chi connectivity index (χ1v) is 9.53. The number of aromatic nitrogens is 2.